The highest BCUT2D eigenvalue weighted by Gasteiger charge is 2.67. The minimum atomic E-state index is -6.38. The predicted molar refractivity (Wildman–Crippen MR) is 72.4 cm³/mol. The minimum absolute atomic E-state index is 0.324. The Morgan fingerprint density at radius 2 is 1.40 bits per heavy atom. The molecule has 0 atom stereocenters. The van der Waals surface area contributed by atoms with E-state index < -0.39 is 37.9 Å². The summed E-state index contributed by atoms with van der Waals surface area (Å²) >= 11 is 7.26. The molecule has 0 aliphatic heterocycles. The highest BCUT2D eigenvalue weighted by atomic mass is 79.9. The van der Waals surface area contributed by atoms with E-state index in [1.54, 1.807) is 0 Å². The summed E-state index contributed by atoms with van der Waals surface area (Å²) in [6, 6.07) is 1.44. The van der Waals surface area contributed by atoms with Crippen molar-refractivity contribution in [1.29, 1.82) is 0 Å². The van der Waals surface area contributed by atoms with E-state index in [-0.39, 0.29) is 0 Å². The predicted octanol–water partition coefficient (Wildman–Crippen LogP) is 6.12. The van der Waals surface area contributed by atoms with Crippen LogP contribution in [0, 0.1) is 0 Å². The molecule has 0 radical (unpaired) electrons. The number of thiophene rings is 1. The van der Waals surface area contributed by atoms with Gasteiger partial charge in [0, 0.05) is 5.56 Å². The molecule has 0 saturated carbocycles. The Labute approximate surface area is 154 Å². The average molecular weight is 536 g/mol. The standard InChI is InChI=1S/C10H5Br2F9O3S/c11-5-1-4(6(12)25-5)2-22-3-7(13,14)23-8(15,16)9(17,18)24-10(19,20)21/h1H,2-3H2. The van der Waals surface area contributed by atoms with Crippen LogP contribution in [0.4, 0.5) is 39.5 Å². The maximum Gasteiger partial charge on any atom is 0.527 e. The molecular formula is C10H5Br2F9O3S. The zero-order valence-corrected chi connectivity index (χ0v) is 15.3. The maximum atomic E-state index is 13.2. The Morgan fingerprint density at radius 3 is 1.84 bits per heavy atom. The summed E-state index contributed by atoms with van der Waals surface area (Å²) in [6.07, 6.45) is -23.9. The number of alkyl halides is 9. The van der Waals surface area contributed by atoms with E-state index in [2.05, 4.69) is 41.3 Å². The van der Waals surface area contributed by atoms with Gasteiger partial charge in [-0.25, -0.2) is 9.47 Å². The Hall–Kier alpha value is -0.0900. The number of halogens is 11. The normalized spacial score (nSPS) is 14.2. The molecule has 3 nitrogen and oxygen atoms in total. The molecule has 1 rings (SSSR count). The summed E-state index contributed by atoms with van der Waals surface area (Å²) < 4.78 is 122. The van der Waals surface area contributed by atoms with Crippen LogP contribution < -0.4 is 0 Å². The lowest BCUT2D eigenvalue weighted by Crippen LogP contribution is -2.51. The first-order valence-corrected chi connectivity index (χ1v) is 8.07. The van der Waals surface area contributed by atoms with Gasteiger partial charge in [0.15, 0.2) is 0 Å². The van der Waals surface area contributed by atoms with Gasteiger partial charge in [-0.2, -0.15) is 26.3 Å². The third-order valence-corrected chi connectivity index (χ3v) is 4.58. The van der Waals surface area contributed by atoms with E-state index in [9.17, 15) is 39.5 Å². The summed E-state index contributed by atoms with van der Waals surface area (Å²) in [6.45, 7) is -2.47. The van der Waals surface area contributed by atoms with E-state index in [0.29, 0.717) is 13.1 Å². The Balaban J connectivity index is 2.67. The Bertz CT molecular complexity index is 591. The lowest BCUT2D eigenvalue weighted by atomic mass is 10.4. The molecule has 15 heteroatoms. The van der Waals surface area contributed by atoms with Crippen molar-refractivity contribution in [3.63, 3.8) is 0 Å². The molecule has 0 spiro atoms. The third-order valence-electron chi connectivity index (χ3n) is 2.12. The minimum Gasteiger partial charge on any atom is -0.368 e. The van der Waals surface area contributed by atoms with Crippen molar-refractivity contribution in [3.8, 4) is 0 Å². The van der Waals surface area contributed by atoms with Gasteiger partial charge >= 0.3 is 24.7 Å². The van der Waals surface area contributed by atoms with Crippen LogP contribution in [0.1, 0.15) is 5.56 Å². The van der Waals surface area contributed by atoms with Crippen LogP contribution in [0.25, 0.3) is 0 Å². The summed E-state index contributed by atoms with van der Waals surface area (Å²) in [5, 5.41) is 0. The molecule has 0 aliphatic rings. The van der Waals surface area contributed by atoms with Gasteiger partial charge in [0.25, 0.3) is 0 Å². The highest BCUT2D eigenvalue weighted by Crippen LogP contribution is 2.43. The molecular weight excluding hydrogens is 531 g/mol. The van der Waals surface area contributed by atoms with Crippen LogP contribution >= 0.6 is 43.2 Å². The second-order valence-electron chi connectivity index (χ2n) is 4.16. The zero-order valence-electron chi connectivity index (χ0n) is 11.3. The fourth-order valence-corrected chi connectivity index (χ4v) is 4.02. The molecule has 25 heavy (non-hydrogen) atoms. The van der Waals surface area contributed by atoms with Crippen molar-refractivity contribution in [2.75, 3.05) is 6.61 Å². The lowest BCUT2D eigenvalue weighted by molar-refractivity contribution is -0.530. The highest BCUT2D eigenvalue weighted by molar-refractivity contribution is 9.12. The molecule has 0 aliphatic carbocycles. The van der Waals surface area contributed by atoms with Gasteiger partial charge in [-0.15, -0.1) is 24.5 Å². The summed E-state index contributed by atoms with van der Waals surface area (Å²) in [5.74, 6) is 0. The van der Waals surface area contributed by atoms with Crippen LogP contribution in [0.15, 0.2) is 13.6 Å². The van der Waals surface area contributed by atoms with E-state index in [4.69, 9.17) is 0 Å². The third kappa shape index (κ3) is 7.21. The molecule has 1 aromatic rings. The van der Waals surface area contributed by atoms with Gasteiger partial charge in [-0.05, 0) is 37.9 Å². The first kappa shape index (κ1) is 23.0. The average Bonchev–Trinajstić information content (AvgIpc) is 2.62. The first-order chi connectivity index (χ1) is 11.0. The van der Waals surface area contributed by atoms with Crippen LogP contribution in [0.2, 0.25) is 0 Å². The second kappa shape index (κ2) is 7.88. The van der Waals surface area contributed by atoms with Gasteiger partial charge in [0.05, 0.1) is 14.2 Å². The van der Waals surface area contributed by atoms with E-state index >= 15 is 0 Å². The lowest BCUT2D eigenvalue weighted by Gasteiger charge is -2.29. The van der Waals surface area contributed by atoms with Crippen molar-refractivity contribution in [2.45, 2.75) is 31.3 Å². The fraction of sp³-hybridized carbons (Fsp3) is 0.600. The first-order valence-electron chi connectivity index (χ1n) is 5.67. The van der Waals surface area contributed by atoms with E-state index in [1.165, 1.54) is 6.07 Å². The number of hydrogen-bond acceptors (Lipinski definition) is 4. The number of hydrogen-bond donors (Lipinski definition) is 0. The molecule has 0 bridgehead atoms. The van der Waals surface area contributed by atoms with E-state index in [1.807, 2.05) is 4.74 Å². The van der Waals surface area contributed by atoms with Crippen LogP contribution in [-0.4, -0.2) is 31.3 Å². The summed E-state index contributed by atoms with van der Waals surface area (Å²) in [7, 11) is 0. The second-order valence-corrected chi connectivity index (χ2v) is 7.91. The van der Waals surface area contributed by atoms with Crippen molar-refractivity contribution < 1.29 is 53.7 Å². The molecule has 1 aromatic heterocycles. The molecule has 0 N–H and O–H groups in total. The Morgan fingerprint density at radius 1 is 0.880 bits per heavy atom. The van der Waals surface area contributed by atoms with Crippen LogP contribution in [0.3, 0.4) is 0 Å². The molecule has 0 amide bonds. The molecule has 146 valence electrons. The molecule has 0 fully saturated rings. The van der Waals surface area contributed by atoms with Gasteiger partial charge < -0.3 is 4.74 Å². The molecule has 1 heterocycles. The zero-order chi connectivity index (χ0) is 19.7. The Kier molecular flexibility index (Phi) is 7.23. The van der Waals surface area contributed by atoms with Crippen molar-refractivity contribution in [1.82, 2.24) is 0 Å². The quantitative estimate of drug-likeness (QED) is 0.375. The largest absolute Gasteiger partial charge is 0.527 e. The SMILES string of the molecule is FC(F)(F)OC(F)(F)C(F)(F)OC(F)(F)COCc1cc(Br)sc1Br. The summed E-state index contributed by atoms with van der Waals surface area (Å²) in [5.41, 5.74) is 0.324. The number of ether oxygens (including phenoxy) is 3. The smallest absolute Gasteiger partial charge is 0.368 e. The van der Waals surface area contributed by atoms with Gasteiger partial charge in [-0.1, -0.05) is 0 Å². The van der Waals surface area contributed by atoms with Crippen LogP contribution in [-0.2, 0) is 20.8 Å². The molecule has 0 aromatic carbocycles. The van der Waals surface area contributed by atoms with Gasteiger partial charge in [0.2, 0.25) is 0 Å². The van der Waals surface area contributed by atoms with Gasteiger partial charge in [-0.3, -0.25) is 0 Å². The van der Waals surface area contributed by atoms with Crippen molar-refractivity contribution >= 4 is 43.2 Å². The van der Waals surface area contributed by atoms with Gasteiger partial charge in [0.1, 0.15) is 6.61 Å². The maximum absolute atomic E-state index is 13.2. The van der Waals surface area contributed by atoms with Crippen LogP contribution in [0.5, 0.6) is 0 Å². The van der Waals surface area contributed by atoms with Crippen molar-refractivity contribution in [2.24, 2.45) is 0 Å². The topological polar surface area (TPSA) is 27.7 Å². The molecule has 0 unspecified atom stereocenters. The van der Waals surface area contributed by atoms with E-state index in [0.717, 1.165) is 11.3 Å². The van der Waals surface area contributed by atoms with Crippen molar-refractivity contribution in [3.05, 3.63) is 19.2 Å². The monoisotopic (exact) mass is 534 g/mol. The molecule has 0 saturated heterocycles. The fourth-order valence-electron chi connectivity index (χ4n) is 1.23. The summed E-state index contributed by atoms with van der Waals surface area (Å²) in [4.78, 5) is 0. The number of rotatable bonds is 8.